The summed E-state index contributed by atoms with van der Waals surface area (Å²) in [6.45, 7) is 5.13. The maximum atomic E-state index is 5.86. The molecule has 0 amide bonds. The molecule has 1 aliphatic rings. The number of nitrogens with two attached hydrogens (primary N) is 1. The Kier molecular flexibility index (Phi) is 5.47. The molecule has 5 nitrogen and oxygen atoms in total. The van der Waals surface area contributed by atoms with E-state index < -0.39 is 0 Å². The van der Waals surface area contributed by atoms with Crippen molar-refractivity contribution in [2.45, 2.75) is 26.2 Å². The molecule has 0 radical (unpaired) electrons. The summed E-state index contributed by atoms with van der Waals surface area (Å²) >= 11 is 0. The first kappa shape index (κ1) is 14.9. The van der Waals surface area contributed by atoms with Crippen molar-refractivity contribution in [3.63, 3.8) is 0 Å². The Morgan fingerprint density at radius 3 is 2.85 bits per heavy atom. The summed E-state index contributed by atoms with van der Waals surface area (Å²) in [6, 6.07) is 3.75. The molecule has 20 heavy (non-hydrogen) atoms. The third-order valence-electron chi connectivity index (χ3n) is 3.33. The summed E-state index contributed by atoms with van der Waals surface area (Å²) in [5.41, 5.74) is 6.45. The molecule has 112 valence electrons. The van der Waals surface area contributed by atoms with Crippen molar-refractivity contribution >= 4 is 11.5 Å². The minimum atomic E-state index is 0.523. The van der Waals surface area contributed by atoms with Crippen LogP contribution in [-0.2, 0) is 4.74 Å². The Morgan fingerprint density at radius 2 is 2.15 bits per heavy atom. The zero-order valence-corrected chi connectivity index (χ0v) is 12.5. The molecule has 1 aromatic rings. The van der Waals surface area contributed by atoms with Crippen molar-refractivity contribution < 1.29 is 9.47 Å². The average Bonchev–Trinajstić information content (AvgIpc) is 3.26. The maximum absolute atomic E-state index is 5.86. The van der Waals surface area contributed by atoms with E-state index >= 15 is 0 Å². The molecule has 0 atom stereocenters. The van der Waals surface area contributed by atoms with Crippen LogP contribution in [0.15, 0.2) is 12.1 Å². The van der Waals surface area contributed by atoms with Gasteiger partial charge in [-0.2, -0.15) is 4.98 Å². The smallest absolute Gasteiger partial charge is 0.239 e. The molecule has 1 fully saturated rings. The number of rotatable bonds is 9. The summed E-state index contributed by atoms with van der Waals surface area (Å²) in [7, 11) is 2.00. The molecule has 1 aromatic heterocycles. The molecule has 1 heterocycles. The number of anilines is 2. The molecule has 2 N–H and O–H groups in total. The van der Waals surface area contributed by atoms with Crippen molar-refractivity contribution in [1.29, 1.82) is 0 Å². The van der Waals surface area contributed by atoms with Gasteiger partial charge in [0.1, 0.15) is 5.82 Å². The lowest BCUT2D eigenvalue weighted by molar-refractivity contribution is 0.130. The molecule has 0 aliphatic heterocycles. The van der Waals surface area contributed by atoms with Gasteiger partial charge in [0, 0.05) is 20.2 Å². The van der Waals surface area contributed by atoms with Crippen molar-refractivity contribution in [1.82, 2.24) is 4.98 Å². The topological polar surface area (TPSA) is 60.6 Å². The van der Waals surface area contributed by atoms with Crippen LogP contribution in [0, 0.1) is 5.92 Å². The van der Waals surface area contributed by atoms with Crippen LogP contribution in [0.25, 0.3) is 0 Å². The number of hydrogen-bond donors (Lipinski definition) is 1. The summed E-state index contributed by atoms with van der Waals surface area (Å²) in [6.07, 6.45) is 3.59. The minimum Gasteiger partial charge on any atom is -0.476 e. The summed E-state index contributed by atoms with van der Waals surface area (Å²) in [5.74, 6) is 2.19. The van der Waals surface area contributed by atoms with Gasteiger partial charge in [-0.25, -0.2) is 0 Å². The number of ether oxygens (including phenoxy) is 2. The van der Waals surface area contributed by atoms with E-state index in [4.69, 9.17) is 15.2 Å². The van der Waals surface area contributed by atoms with Gasteiger partial charge in [0.2, 0.25) is 5.88 Å². The zero-order chi connectivity index (χ0) is 14.4. The monoisotopic (exact) mass is 279 g/mol. The van der Waals surface area contributed by atoms with Crippen LogP contribution in [0.3, 0.4) is 0 Å². The summed E-state index contributed by atoms with van der Waals surface area (Å²) in [5, 5.41) is 0. The molecular weight excluding hydrogens is 254 g/mol. The number of nitrogen functional groups attached to an aromatic ring is 1. The van der Waals surface area contributed by atoms with Crippen LogP contribution in [0.1, 0.15) is 26.2 Å². The van der Waals surface area contributed by atoms with Crippen molar-refractivity contribution in [3.05, 3.63) is 12.1 Å². The second-order valence-electron chi connectivity index (χ2n) is 5.35. The van der Waals surface area contributed by atoms with E-state index in [0.29, 0.717) is 18.2 Å². The number of aromatic nitrogens is 1. The predicted octanol–water partition coefficient (Wildman–Crippen LogP) is 2.32. The molecule has 5 heteroatoms. The van der Waals surface area contributed by atoms with Gasteiger partial charge in [-0.05, 0) is 37.3 Å². The van der Waals surface area contributed by atoms with Crippen LogP contribution in [0.4, 0.5) is 11.5 Å². The average molecular weight is 279 g/mol. The van der Waals surface area contributed by atoms with Crippen LogP contribution < -0.4 is 15.4 Å². The zero-order valence-electron chi connectivity index (χ0n) is 12.5. The van der Waals surface area contributed by atoms with E-state index in [1.54, 1.807) is 0 Å². The molecule has 0 spiro atoms. The van der Waals surface area contributed by atoms with Crippen LogP contribution in [0.5, 0.6) is 5.88 Å². The Bertz CT molecular complexity index is 422. The highest BCUT2D eigenvalue weighted by atomic mass is 16.5. The molecule has 0 saturated heterocycles. The van der Waals surface area contributed by atoms with Gasteiger partial charge in [0.15, 0.2) is 0 Å². The highest BCUT2D eigenvalue weighted by molar-refractivity contribution is 5.54. The predicted molar refractivity (Wildman–Crippen MR) is 81.2 cm³/mol. The van der Waals surface area contributed by atoms with Gasteiger partial charge in [0.05, 0.1) is 18.9 Å². The maximum Gasteiger partial charge on any atom is 0.239 e. The van der Waals surface area contributed by atoms with Crippen LogP contribution in [0.2, 0.25) is 0 Å². The first-order valence-corrected chi connectivity index (χ1v) is 7.39. The molecule has 0 bridgehead atoms. The fourth-order valence-corrected chi connectivity index (χ4v) is 1.82. The van der Waals surface area contributed by atoms with Gasteiger partial charge in [-0.1, -0.05) is 6.92 Å². The van der Waals surface area contributed by atoms with Crippen molar-refractivity contribution in [2.75, 3.05) is 44.0 Å². The Morgan fingerprint density at radius 1 is 1.35 bits per heavy atom. The fraction of sp³-hybridized carbons (Fsp3) is 0.667. The highest BCUT2D eigenvalue weighted by Crippen LogP contribution is 2.28. The van der Waals surface area contributed by atoms with E-state index in [-0.39, 0.29) is 0 Å². The number of pyridine rings is 1. The third-order valence-corrected chi connectivity index (χ3v) is 3.33. The number of hydrogen-bond acceptors (Lipinski definition) is 5. The van der Waals surface area contributed by atoms with Gasteiger partial charge in [-0.3, -0.25) is 0 Å². The normalized spacial score (nSPS) is 14.3. The number of likely N-dealkylation sites (N-methyl/N-ethyl adjacent to an activating group) is 1. The lowest BCUT2D eigenvalue weighted by atomic mass is 10.3. The second kappa shape index (κ2) is 7.33. The molecule has 1 saturated carbocycles. The van der Waals surface area contributed by atoms with Gasteiger partial charge in [0.25, 0.3) is 0 Å². The van der Waals surface area contributed by atoms with Gasteiger partial charge < -0.3 is 20.1 Å². The van der Waals surface area contributed by atoms with E-state index in [9.17, 15) is 0 Å². The largest absolute Gasteiger partial charge is 0.476 e. The van der Waals surface area contributed by atoms with Gasteiger partial charge in [-0.15, -0.1) is 0 Å². The summed E-state index contributed by atoms with van der Waals surface area (Å²) in [4.78, 5) is 6.52. The molecule has 1 aliphatic carbocycles. The van der Waals surface area contributed by atoms with Crippen molar-refractivity contribution in [2.24, 2.45) is 5.92 Å². The first-order chi connectivity index (χ1) is 9.70. The fourth-order valence-electron chi connectivity index (χ4n) is 1.82. The van der Waals surface area contributed by atoms with E-state index in [0.717, 1.165) is 37.9 Å². The van der Waals surface area contributed by atoms with E-state index in [1.165, 1.54) is 12.8 Å². The molecule has 2 rings (SSSR count). The Hall–Kier alpha value is -1.49. The number of nitrogens with zero attached hydrogens (tertiary/aromatic N) is 2. The molecular formula is C15H25N3O2. The highest BCUT2D eigenvalue weighted by Gasteiger charge is 2.21. The summed E-state index contributed by atoms with van der Waals surface area (Å²) < 4.78 is 11.2. The lowest BCUT2D eigenvalue weighted by Gasteiger charge is -2.19. The van der Waals surface area contributed by atoms with E-state index in [1.807, 2.05) is 19.2 Å². The van der Waals surface area contributed by atoms with Crippen LogP contribution >= 0.6 is 0 Å². The quantitative estimate of drug-likeness (QED) is 0.703. The standard InChI is InChI=1S/C15H25N3O2/c1-3-9-20-15-13(16)6-7-14(17-15)18(2)8-10-19-11-12-4-5-12/h6-7,12H,3-5,8-11,16H2,1-2H3. The SMILES string of the molecule is CCCOc1nc(N(C)CCOCC2CC2)ccc1N. The molecule has 0 aromatic carbocycles. The lowest BCUT2D eigenvalue weighted by Crippen LogP contribution is -2.24. The third kappa shape index (κ3) is 4.56. The first-order valence-electron chi connectivity index (χ1n) is 7.39. The van der Waals surface area contributed by atoms with Crippen molar-refractivity contribution in [3.8, 4) is 5.88 Å². The Labute approximate surface area is 121 Å². The molecule has 0 unspecified atom stereocenters. The van der Waals surface area contributed by atoms with E-state index in [2.05, 4.69) is 16.8 Å². The van der Waals surface area contributed by atoms with Crippen LogP contribution in [-0.4, -0.2) is 38.4 Å². The Balaban J connectivity index is 1.82. The van der Waals surface area contributed by atoms with Gasteiger partial charge >= 0.3 is 0 Å². The second-order valence-corrected chi connectivity index (χ2v) is 5.35. The minimum absolute atomic E-state index is 0.523.